The second-order valence-electron chi connectivity index (χ2n) is 8.02. The van der Waals surface area contributed by atoms with Gasteiger partial charge in [0.05, 0.1) is 23.1 Å². The van der Waals surface area contributed by atoms with Gasteiger partial charge in [0, 0.05) is 30.1 Å². The van der Waals surface area contributed by atoms with Crippen molar-refractivity contribution in [3.05, 3.63) is 78.9 Å². The van der Waals surface area contributed by atoms with Crippen LogP contribution in [-0.4, -0.2) is 37.8 Å². The van der Waals surface area contributed by atoms with Gasteiger partial charge >= 0.3 is 0 Å². The smallest absolute Gasteiger partial charge is 0.299 e. The predicted molar refractivity (Wildman–Crippen MR) is 137 cm³/mol. The lowest BCUT2D eigenvalue weighted by atomic mass is 10.1. The standard InChI is InChI=1S/C27H26N6O2/c1-4-9-23(34)33-17-8-10-21(33)26-31-24(25(18(3)28)32(26)5-2)19-12-14-20(15-13-19)27(35)30-22-11-6-7-16-29-22/h5-7,11-16,21H,2-3,8,10,17,28H2,1H3,(H,29,30,35). The van der Waals surface area contributed by atoms with E-state index in [1.54, 1.807) is 71.3 Å². The lowest BCUT2D eigenvalue weighted by Gasteiger charge is -2.22. The first-order valence-electron chi connectivity index (χ1n) is 11.2. The van der Waals surface area contributed by atoms with E-state index in [1.165, 1.54) is 0 Å². The monoisotopic (exact) mass is 466 g/mol. The SMILES string of the molecule is C=Cn1c(C2CCCN2C(=O)C#CC)nc(-c2ccc(C(=O)Nc3ccccn3)cc2)c1C(=C)N. The van der Waals surface area contributed by atoms with E-state index < -0.39 is 0 Å². The molecule has 8 nitrogen and oxygen atoms in total. The average molecular weight is 467 g/mol. The molecule has 1 aliphatic heterocycles. The molecule has 1 aliphatic rings. The topological polar surface area (TPSA) is 106 Å². The van der Waals surface area contributed by atoms with E-state index in [0.717, 1.165) is 18.4 Å². The molecule has 0 radical (unpaired) electrons. The highest BCUT2D eigenvalue weighted by Crippen LogP contribution is 2.36. The number of hydrogen-bond donors (Lipinski definition) is 2. The van der Waals surface area contributed by atoms with Crippen molar-refractivity contribution in [1.82, 2.24) is 19.4 Å². The van der Waals surface area contributed by atoms with Crippen molar-refractivity contribution >= 4 is 29.5 Å². The third-order valence-corrected chi connectivity index (χ3v) is 5.80. The number of aromatic nitrogens is 3. The maximum atomic E-state index is 12.6. The molecule has 0 saturated carbocycles. The predicted octanol–water partition coefficient (Wildman–Crippen LogP) is 3.91. The van der Waals surface area contributed by atoms with Gasteiger partial charge in [0.15, 0.2) is 0 Å². The minimum Gasteiger partial charge on any atom is -0.397 e. The lowest BCUT2D eigenvalue weighted by Crippen LogP contribution is -2.30. The number of pyridine rings is 1. The number of likely N-dealkylation sites (tertiary alicyclic amines) is 1. The number of rotatable bonds is 6. The summed E-state index contributed by atoms with van der Waals surface area (Å²) >= 11 is 0. The summed E-state index contributed by atoms with van der Waals surface area (Å²) < 4.78 is 1.79. The normalized spacial score (nSPS) is 14.7. The number of carbonyl (C=O) groups excluding carboxylic acids is 2. The van der Waals surface area contributed by atoms with Crippen LogP contribution >= 0.6 is 0 Å². The van der Waals surface area contributed by atoms with Gasteiger partial charge in [0.2, 0.25) is 0 Å². The number of anilines is 1. The van der Waals surface area contributed by atoms with Crippen LogP contribution in [0, 0.1) is 11.8 Å². The summed E-state index contributed by atoms with van der Waals surface area (Å²) in [5.74, 6) is 5.92. The molecule has 1 unspecified atom stereocenters. The van der Waals surface area contributed by atoms with Crippen molar-refractivity contribution in [2.45, 2.75) is 25.8 Å². The molecule has 3 aromatic rings. The molecule has 1 fully saturated rings. The van der Waals surface area contributed by atoms with Crippen LogP contribution in [0.25, 0.3) is 23.2 Å². The molecular formula is C27H26N6O2. The highest BCUT2D eigenvalue weighted by molar-refractivity contribution is 6.04. The first kappa shape index (κ1) is 23.5. The summed E-state index contributed by atoms with van der Waals surface area (Å²) in [5, 5.41) is 2.77. The molecule has 2 aromatic heterocycles. The minimum absolute atomic E-state index is 0.230. The molecule has 0 aliphatic carbocycles. The van der Waals surface area contributed by atoms with Crippen LogP contribution in [0.1, 0.15) is 47.7 Å². The van der Waals surface area contributed by atoms with Crippen LogP contribution < -0.4 is 11.1 Å². The third kappa shape index (κ3) is 4.70. The Morgan fingerprint density at radius 2 is 2.00 bits per heavy atom. The van der Waals surface area contributed by atoms with Crippen molar-refractivity contribution in [3.8, 4) is 23.1 Å². The van der Waals surface area contributed by atoms with Crippen molar-refractivity contribution in [2.24, 2.45) is 5.73 Å². The van der Waals surface area contributed by atoms with E-state index in [0.29, 0.717) is 40.8 Å². The minimum atomic E-state index is -0.270. The molecule has 35 heavy (non-hydrogen) atoms. The lowest BCUT2D eigenvalue weighted by molar-refractivity contribution is -0.126. The summed E-state index contributed by atoms with van der Waals surface area (Å²) in [4.78, 5) is 35.9. The van der Waals surface area contributed by atoms with Gasteiger partial charge in [-0.15, -0.1) is 0 Å². The zero-order valence-corrected chi connectivity index (χ0v) is 19.5. The summed E-state index contributed by atoms with van der Waals surface area (Å²) in [6, 6.07) is 12.1. The number of carbonyl (C=O) groups is 2. The van der Waals surface area contributed by atoms with Crippen molar-refractivity contribution in [1.29, 1.82) is 0 Å². The Bertz CT molecular complexity index is 1350. The van der Waals surface area contributed by atoms with Crippen molar-refractivity contribution < 1.29 is 9.59 Å². The fraction of sp³-hybridized carbons (Fsp3) is 0.185. The number of amides is 2. The van der Waals surface area contributed by atoms with Crippen molar-refractivity contribution in [2.75, 3.05) is 11.9 Å². The highest BCUT2D eigenvalue weighted by Gasteiger charge is 2.34. The fourth-order valence-electron chi connectivity index (χ4n) is 4.24. The molecule has 1 saturated heterocycles. The number of nitrogens with two attached hydrogens (primary N) is 1. The van der Waals surface area contributed by atoms with Gasteiger partial charge in [-0.1, -0.05) is 37.3 Å². The second-order valence-corrected chi connectivity index (χ2v) is 8.02. The van der Waals surface area contributed by atoms with Gasteiger partial charge in [-0.25, -0.2) is 9.97 Å². The Morgan fingerprint density at radius 1 is 1.23 bits per heavy atom. The van der Waals surface area contributed by atoms with Gasteiger partial charge < -0.3 is 20.5 Å². The number of nitrogens with one attached hydrogen (secondary N) is 1. The van der Waals surface area contributed by atoms with Crippen LogP contribution in [0.3, 0.4) is 0 Å². The van der Waals surface area contributed by atoms with E-state index in [2.05, 4.69) is 35.3 Å². The third-order valence-electron chi connectivity index (χ3n) is 5.80. The van der Waals surface area contributed by atoms with Crippen LogP contribution in [0.5, 0.6) is 0 Å². The molecule has 4 rings (SSSR count). The maximum absolute atomic E-state index is 12.6. The van der Waals surface area contributed by atoms with Crippen LogP contribution in [0.4, 0.5) is 5.82 Å². The Hall–Kier alpha value is -4.64. The summed E-state index contributed by atoms with van der Waals surface area (Å²) in [5.41, 5.74) is 8.92. The summed E-state index contributed by atoms with van der Waals surface area (Å²) in [6.07, 6.45) is 4.84. The molecule has 2 amide bonds. The van der Waals surface area contributed by atoms with Crippen LogP contribution in [0.15, 0.2) is 61.8 Å². The first-order valence-corrected chi connectivity index (χ1v) is 11.2. The number of benzene rings is 1. The van der Waals surface area contributed by atoms with Gasteiger partial charge in [-0.3, -0.25) is 9.59 Å². The molecule has 1 atom stereocenters. The van der Waals surface area contributed by atoms with E-state index in [9.17, 15) is 9.59 Å². The molecular weight excluding hydrogens is 440 g/mol. The molecule has 0 spiro atoms. The molecule has 3 N–H and O–H groups in total. The summed E-state index contributed by atoms with van der Waals surface area (Å²) in [6.45, 7) is 10.1. The van der Waals surface area contributed by atoms with Crippen LogP contribution in [-0.2, 0) is 4.79 Å². The fourth-order valence-corrected chi connectivity index (χ4v) is 4.24. The van der Waals surface area contributed by atoms with E-state index in [4.69, 9.17) is 10.7 Å². The van der Waals surface area contributed by atoms with Gasteiger partial charge in [-0.2, -0.15) is 0 Å². The Morgan fingerprint density at radius 3 is 2.63 bits per heavy atom. The summed E-state index contributed by atoms with van der Waals surface area (Å²) in [7, 11) is 0. The van der Waals surface area contributed by atoms with Crippen molar-refractivity contribution in [3.63, 3.8) is 0 Å². The Balaban J connectivity index is 1.69. The van der Waals surface area contributed by atoms with E-state index in [1.807, 2.05) is 0 Å². The zero-order valence-electron chi connectivity index (χ0n) is 19.5. The quantitative estimate of drug-likeness (QED) is 0.536. The second kappa shape index (κ2) is 10.1. The number of imidazole rings is 1. The van der Waals surface area contributed by atoms with E-state index >= 15 is 0 Å². The molecule has 1 aromatic carbocycles. The van der Waals surface area contributed by atoms with Crippen LogP contribution in [0.2, 0.25) is 0 Å². The number of hydrogen-bond acceptors (Lipinski definition) is 5. The molecule has 0 bridgehead atoms. The van der Waals surface area contributed by atoms with E-state index in [-0.39, 0.29) is 17.9 Å². The van der Waals surface area contributed by atoms with Gasteiger partial charge in [0.25, 0.3) is 11.8 Å². The average Bonchev–Trinajstić information content (AvgIpc) is 3.49. The van der Waals surface area contributed by atoms with Gasteiger partial charge in [-0.05, 0) is 50.0 Å². The number of nitrogens with zero attached hydrogens (tertiary/aromatic N) is 4. The Labute approximate surface area is 204 Å². The highest BCUT2D eigenvalue weighted by atomic mass is 16.2. The Kier molecular flexibility index (Phi) is 6.78. The molecule has 3 heterocycles. The first-order chi connectivity index (χ1) is 16.9. The molecule has 8 heteroatoms. The maximum Gasteiger partial charge on any atom is 0.299 e. The molecule has 176 valence electrons. The largest absolute Gasteiger partial charge is 0.397 e. The zero-order chi connectivity index (χ0) is 24.9. The van der Waals surface area contributed by atoms with Gasteiger partial charge in [0.1, 0.15) is 11.6 Å².